The molecule has 59 heavy (non-hydrogen) atoms. The first kappa shape index (κ1) is 33.0. The SMILES string of the molecule is c1ccc(-c2ccc3c(c2)c2ccccc2n3-c2ccc3c(c2)oc2cc(-c4nc(-c5ccccc5)nc(-c5ccc6oc(-c7ccccc7)nc6c5)n4)ccc23)cc1. The summed E-state index contributed by atoms with van der Waals surface area (Å²) in [5, 5.41) is 4.48. The summed E-state index contributed by atoms with van der Waals surface area (Å²) < 4.78 is 15.1. The summed E-state index contributed by atoms with van der Waals surface area (Å²) in [5.74, 6) is 2.23. The number of fused-ring (bicyclic) bond motifs is 7. The summed E-state index contributed by atoms with van der Waals surface area (Å²) >= 11 is 0. The van der Waals surface area contributed by atoms with Crippen molar-refractivity contribution in [2.24, 2.45) is 0 Å². The van der Waals surface area contributed by atoms with Gasteiger partial charge in [-0.15, -0.1) is 0 Å². The molecule has 0 spiro atoms. The fourth-order valence-electron chi connectivity index (χ4n) is 8.23. The van der Waals surface area contributed by atoms with Crippen LogP contribution in [0.1, 0.15) is 0 Å². The molecule has 0 aliphatic heterocycles. The Morgan fingerprint density at radius 2 is 0.898 bits per heavy atom. The van der Waals surface area contributed by atoms with E-state index < -0.39 is 0 Å². The molecule has 0 bridgehead atoms. The first-order chi connectivity index (χ1) is 29.2. The van der Waals surface area contributed by atoms with Crippen LogP contribution in [0.4, 0.5) is 0 Å². The summed E-state index contributed by atoms with van der Waals surface area (Å²) in [7, 11) is 0. The minimum absolute atomic E-state index is 0.538. The summed E-state index contributed by atoms with van der Waals surface area (Å²) in [4.78, 5) is 19.8. The van der Waals surface area contributed by atoms with E-state index in [0.717, 1.165) is 66.4 Å². The predicted octanol–water partition coefficient (Wildman–Crippen LogP) is 13.3. The highest BCUT2D eigenvalue weighted by molar-refractivity contribution is 6.11. The normalized spacial score (nSPS) is 11.7. The van der Waals surface area contributed by atoms with Gasteiger partial charge >= 0.3 is 0 Å². The third kappa shape index (κ3) is 5.59. The van der Waals surface area contributed by atoms with E-state index in [0.29, 0.717) is 28.9 Å². The maximum absolute atomic E-state index is 6.67. The summed E-state index contributed by atoms with van der Waals surface area (Å²) in [6, 6.07) is 64.3. The molecule has 4 aromatic heterocycles. The summed E-state index contributed by atoms with van der Waals surface area (Å²) in [5.41, 5.74) is 12.1. The molecular weight excluding hydrogens is 727 g/mol. The molecule has 0 unspecified atom stereocenters. The van der Waals surface area contributed by atoms with E-state index in [-0.39, 0.29) is 0 Å². The third-order valence-corrected chi connectivity index (χ3v) is 11.1. The van der Waals surface area contributed by atoms with Gasteiger partial charge in [-0.1, -0.05) is 109 Å². The van der Waals surface area contributed by atoms with Crippen LogP contribution in [0.3, 0.4) is 0 Å². The van der Waals surface area contributed by atoms with Gasteiger partial charge in [0.1, 0.15) is 16.7 Å². The van der Waals surface area contributed by atoms with Gasteiger partial charge in [0, 0.05) is 55.6 Å². The molecule has 276 valence electrons. The number of aromatic nitrogens is 5. The molecule has 0 saturated heterocycles. The lowest BCUT2D eigenvalue weighted by Gasteiger charge is -2.08. The highest BCUT2D eigenvalue weighted by atomic mass is 16.3. The van der Waals surface area contributed by atoms with Crippen molar-refractivity contribution in [3.63, 3.8) is 0 Å². The highest BCUT2D eigenvalue weighted by Gasteiger charge is 2.18. The minimum atomic E-state index is 0.538. The Morgan fingerprint density at radius 3 is 1.66 bits per heavy atom. The quantitative estimate of drug-likeness (QED) is 0.168. The summed E-state index contributed by atoms with van der Waals surface area (Å²) in [6.45, 7) is 0. The van der Waals surface area contributed by atoms with Gasteiger partial charge in [0.15, 0.2) is 23.1 Å². The Kier molecular flexibility index (Phi) is 7.40. The van der Waals surface area contributed by atoms with Gasteiger partial charge in [0.25, 0.3) is 0 Å². The lowest BCUT2D eigenvalue weighted by Crippen LogP contribution is -2.00. The molecular formula is C52H31N5O2. The standard InChI is InChI=1S/C52H31N5O2/c1-4-12-32(13-5-1)35-21-26-45-42(28-35)39-18-10-11-19-44(39)57(45)38-23-25-41-40-24-20-37(30-47(40)58-48(41)31-38)51-55-49(33-14-6-2-7-15-33)54-50(56-51)36-22-27-46-43(29-36)53-52(59-46)34-16-8-3-9-17-34/h1-31H. The van der Waals surface area contributed by atoms with Gasteiger partial charge in [0.05, 0.1) is 11.0 Å². The maximum Gasteiger partial charge on any atom is 0.227 e. The molecule has 0 aliphatic carbocycles. The lowest BCUT2D eigenvalue weighted by molar-refractivity contribution is 0.620. The van der Waals surface area contributed by atoms with Crippen molar-refractivity contribution in [2.75, 3.05) is 0 Å². The first-order valence-electron chi connectivity index (χ1n) is 19.5. The zero-order valence-corrected chi connectivity index (χ0v) is 31.5. The van der Waals surface area contributed by atoms with Gasteiger partial charge in [-0.2, -0.15) is 0 Å². The van der Waals surface area contributed by atoms with Crippen molar-refractivity contribution in [1.29, 1.82) is 0 Å². The first-order valence-corrected chi connectivity index (χ1v) is 19.5. The molecule has 7 heteroatoms. The Labute approximate surface area is 337 Å². The second kappa shape index (κ2) is 13.2. The number of hydrogen-bond donors (Lipinski definition) is 0. The van der Waals surface area contributed by atoms with E-state index in [1.54, 1.807) is 0 Å². The number of para-hydroxylation sites is 1. The van der Waals surface area contributed by atoms with E-state index >= 15 is 0 Å². The van der Waals surface area contributed by atoms with Crippen LogP contribution in [0.15, 0.2) is 197 Å². The molecule has 0 saturated carbocycles. The zero-order chi connectivity index (χ0) is 38.9. The monoisotopic (exact) mass is 757 g/mol. The van der Waals surface area contributed by atoms with Crippen molar-refractivity contribution >= 4 is 54.8 Å². The molecule has 0 N–H and O–H groups in total. The van der Waals surface area contributed by atoms with Gasteiger partial charge in [-0.05, 0) is 83.9 Å². The average molecular weight is 758 g/mol. The molecule has 0 fully saturated rings. The fraction of sp³-hybridized carbons (Fsp3) is 0. The molecule has 0 aliphatic rings. The van der Waals surface area contributed by atoms with Gasteiger partial charge in [-0.25, -0.2) is 19.9 Å². The molecule has 0 amide bonds. The molecule has 12 rings (SSSR count). The van der Waals surface area contributed by atoms with Crippen LogP contribution < -0.4 is 0 Å². The van der Waals surface area contributed by atoms with Crippen molar-refractivity contribution in [2.45, 2.75) is 0 Å². The van der Waals surface area contributed by atoms with Crippen LogP contribution >= 0.6 is 0 Å². The Balaban J connectivity index is 0.959. The molecule has 7 nitrogen and oxygen atoms in total. The Hall–Kier alpha value is -8.16. The van der Waals surface area contributed by atoms with Crippen LogP contribution in [0.2, 0.25) is 0 Å². The molecule has 4 heterocycles. The van der Waals surface area contributed by atoms with Gasteiger partial charge < -0.3 is 13.4 Å². The van der Waals surface area contributed by atoms with Crippen molar-refractivity contribution in [3.05, 3.63) is 188 Å². The van der Waals surface area contributed by atoms with Crippen LogP contribution in [-0.2, 0) is 0 Å². The maximum atomic E-state index is 6.67. The smallest absolute Gasteiger partial charge is 0.227 e. The molecule has 0 atom stereocenters. The van der Waals surface area contributed by atoms with Crippen LogP contribution in [0.5, 0.6) is 0 Å². The van der Waals surface area contributed by atoms with Gasteiger partial charge in [0.2, 0.25) is 5.89 Å². The number of nitrogens with zero attached hydrogens (tertiary/aromatic N) is 5. The number of furan rings is 1. The average Bonchev–Trinajstić information content (AvgIpc) is 4.00. The van der Waals surface area contributed by atoms with Crippen LogP contribution in [0, 0.1) is 0 Å². The number of hydrogen-bond acceptors (Lipinski definition) is 6. The van der Waals surface area contributed by atoms with E-state index in [4.69, 9.17) is 28.8 Å². The molecule has 8 aromatic carbocycles. The van der Waals surface area contributed by atoms with Crippen molar-refractivity contribution in [3.8, 4) is 62.4 Å². The van der Waals surface area contributed by atoms with Crippen molar-refractivity contribution < 1.29 is 8.83 Å². The number of rotatable bonds is 6. The zero-order valence-electron chi connectivity index (χ0n) is 31.5. The fourth-order valence-corrected chi connectivity index (χ4v) is 8.23. The Bertz CT molecular complexity index is 3550. The molecule has 12 aromatic rings. The largest absolute Gasteiger partial charge is 0.456 e. The Morgan fingerprint density at radius 1 is 0.322 bits per heavy atom. The van der Waals surface area contributed by atoms with Crippen molar-refractivity contribution in [1.82, 2.24) is 24.5 Å². The van der Waals surface area contributed by atoms with E-state index in [1.807, 2.05) is 84.9 Å². The minimum Gasteiger partial charge on any atom is -0.456 e. The summed E-state index contributed by atoms with van der Waals surface area (Å²) in [6.07, 6.45) is 0. The van der Waals surface area contributed by atoms with E-state index in [1.165, 1.54) is 21.9 Å². The predicted molar refractivity (Wildman–Crippen MR) is 236 cm³/mol. The lowest BCUT2D eigenvalue weighted by atomic mass is 10.0. The second-order valence-corrected chi connectivity index (χ2v) is 14.7. The van der Waals surface area contributed by atoms with E-state index in [9.17, 15) is 0 Å². The second-order valence-electron chi connectivity index (χ2n) is 14.7. The third-order valence-electron chi connectivity index (χ3n) is 11.1. The van der Waals surface area contributed by atoms with Crippen LogP contribution in [-0.4, -0.2) is 24.5 Å². The number of oxazole rings is 1. The number of benzene rings is 8. The van der Waals surface area contributed by atoms with Crippen LogP contribution in [0.25, 0.3) is 117 Å². The van der Waals surface area contributed by atoms with E-state index in [2.05, 4.69) is 108 Å². The highest BCUT2D eigenvalue weighted by Crippen LogP contribution is 2.38. The van der Waals surface area contributed by atoms with Gasteiger partial charge in [-0.3, -0.25) is 0 Å². The molecule has 0 radical (unpaired) electrons. The topological polar surface area (TPSA) is 82.8 Å².